The van der Waals surface area contributed by atoms with E-state index in [0.29, 0.717) is 17.3 Å². The van der Waals surface area contributed by atoms with Crippen molar-refractivity contribution in [1.82, 2.24) is 19.4 Å². The van der Waals surface area contributed by atoms with Crippen LogP contribution in [0.5, 0.6) is 0 Å². The number of carbonyl (C=O) groups excluding carboxylic acids is 1. The van der Waals surface area contributed by atoms with Gasteiger partial charge in [0.15, 0.2) is 0 Å². The Balaban J connectivity index is 1.38. The van der Waals surface area contributed by atoms with E-state index in [4.69, 9.17) is 16.3 Å². The maximum Gasteiger partial charge on any atom is 0.410 e. The average molecular weight is 521 g/mol. The van der Waals surface area contributed by atoms with Gasteiger partial charge in [-0.25, -0.2) is 22.3 Å². The molecule has 2 fully saturated rings. The number of ether oxygens (including phenoxy) is 1. The third kappa shape index (κ3) is 4.87. The predicted molar refractivity (Wildman–Crippen MR) is 129 cm³/mol. The Kier molecular flexibility index (Phi) is 6.23. The van der Waals surface area contributed by atoms with Gasteiger partial charge in [-0.3, -0.25) is 4.68 Å². The quantitative estimate of drug-likeness (QED) is 0.497. The normalized spacial score (nSPS) is 21.4. The molecule has 3 aromatic rings. The second-order valence-corrected chi connectivity index (χ2v) is 11.6. The summed E-state index contributed by atoms with van der Waals surface area (Å²) in [6.45, 7) is 1.41. The first-order chi connectivity index (χ1) is 16.7. The predicted octanol–water partition coefficient (Wildman–Crippen LogP) is 4.44. The second-order valence-electron chi connectivity index (χ2n) is 9.48. The molecule has 1 N–H and O–H groups in total. The summed E-state index contributed by atoms with van der Waals surface area (Å²) in [4.78, 5) is 14.2. The number of sulfonamides is 1. The number of halogens is 2. The topological polar surface area (TPSA) is 93.5 Å². The first-order valence-electron chi connectivity index (χ1n) is 11.4. The lowest BCUT2D eigenvalue weighted by molar-refractivity contribution is 0.0871. The smallest absolute Gasteiger partial charge is 0.410 e. The van der Waals surface area contributed by atoms with Crippen molar-refractivity contribution in [2.24, 2.45) is 0 Å². The van der Waals surface area contributed by atoms with Crippen molar-refractivity contribution in [2.75, 3.05) is 13.2 Å². The van der Waals surface area contributed by atoms with Gasteiger partial charge < -0.3 is 9.64 Å². The number of carbonyl (C=O) groups is 1. The number of hydrogen-bond acceptors (Lipinski definition) is 5. The molecule has 1 saturated heterocycles. The molecule has 2 atom stereocenters. The summed E-state index contributed by atoms with van der Waals surface area (Å²) < 4.78 is 49.5. The van der Waals surface area contributed by atoms with Crippen LogP contribution in [0.15, 0.2) is 53.6 Å². The van der Waals surface area contributed by atoms with Crippen LogP contribution in [0.4, 0.5) is 9.18 Å². The van der Waals surface area contributed by atoms with E-state index in [1.807, 2.05) is 37.3 Å². The minimum Gasteiger partial charge on any atom is -0.445 e. The van der Waals surface area contributed by atoms with E-state index in [0.717, 1.165) is 18.4 Å². The number of rotatable bonds is 7. The van der Waals surface area contributed by atoms with E-state index in [9.17, 15) is 17.6 Å². The number of amides is 1. The number of nitrogens with zero attached hydrogens (tertiary/aromatic N) is 3. The Morgan fingerprint density at radius 2 is 2.03 bits per heavy atom. The molecule has 2 aromatic carbocycles. The number of likely N-dealkylation sites (tertiary alicyclic amines) is 1. The number of benzene rings is 2. The van der Waals surface area contributed by atoms with Gasteiger partial charge >= 0.3 is 6.09 Å². The number of fused-ring (bicyclic) bond motifs is 1. The van der Waals surface area contributed by atoms with Gasteiger partial charge in [0, 0.05) is 17.5 Å². The molecule has 0 unspecified atom stereocenters. The van der Waals surface area contributed by atoms with Gasteiger partial charge in [0.2, 0.25) is 10.0 Å². The molecule has 1 aromatic heterocycles. The number of aromatic nitrogens is 2. The van der Waals surface area contributed by atoms with E-state index in [1.54, 1.807) is 10.9 Å². The highest BCUT2D eigenvalue weighted by Gasteiger charge is 2.42. The molecule has 5 rings (SSSR count). The van der Waals surface area contributed by atoms with Crippen LogP contribution in [0.25, 0.3) is 10.9 Å². The number of nitrogens with one attached hydrogen (secondary N) is 1. The number of alkyl halides is 1. The molecule has 35 heavy (non-hydrogen) atoms. The zero-order chi connectivity index (χ0) is 24.8. The summed E-state index contributed by atoms with van der Waals surface area (Å²) in [5.41, 5.74) is 0.922. The summed E-state index contributed by atoms with van der Waals surface area (Å²) in [6.07, 6.45) is 2.84. The molecule has 11 heteroatoms. The fourth-order valence-electron chi connectivity index (χ4n) is 4.44. The fraction of sp³-hybridized carbons (Fsp3) is 0.417. The van der Waals surface area contributed by atoms with Gasteiger partial charge in [-0.2, -0.15) is 5.10 Å². The van der Waals surface area contributed by atoms with Gasteiger partial charge in [-0.1, -0.05) is 41.9 Å². The zero-order valence-electron chi connectivity index (χ0n) is 19.2. The van der Waals surface area contributed by atoms with E-state index in [1.165, 1.54) is 17.0 Å². The SMILES string of the molecule is CC1(NS(=O)(=O)c2cc(Cl)c3cnn([C@@H]4C[C@H](CF)N(C(=O)OCc5ccccc5)C4)c3c2)CC1. The van der Waals surface area contributed by atoms with Crippen molar-refractivity contribution < 1.29 is 22.3 Å². The number of hydrogen-bond donors (Lipinski definition) is 1. The van der Waals surface area contributed by atoms with Crippen LogP contribution in [0.3, 0.4) is 0 Å². The van der Waals surface area contributed by atoms with E-state index in [2.05, 4.69) is 9.82 Å². The highest BCUT2D eigenvalue weighted by Crippen LogP contribution is 2.38. The van der Waals surface area contributed by atoms with Crippen molar-refractivity contribution in [2.45, 2.75) is 55.3 Å². The first-order valence-corrected chi connectivity index (χ1v) is 13.3. The minimum atomic E-state index is -3.78. The Morgan fingerprint density at radius 1 is 1.29 bits per heavy atom. The van der Waals surface area contributed by atoms with E-state index in [-0.39, 0.29) is 29.1 Å². The second kappa shape index (κ2) is 9.07. The lowest BCUT2D eigenvalue weighted by Gasteiger charge is -2.21. The van der Waals surface area contributed by atoms with Crippen molar-refractivity contribution in [1.29, 1.82) is 0 Å². The Hall–Kier alpha value is -2.69. The highest BCUT2D eigenvalue weighted by atomic mass is 35.5. The molecule has 1 amide bonds. The van der Waals surface area contributed by atoms with Gasteiger partial charge in [0.25, 0.3) is 0 Å². The molecule has 186 valence electrons. The third-order valence-corrected chi connectivity index (χ3v) is 8.62. The van der Waals surface area contributed by atoms with Crippen LogP contribution in [0, 0.1) is 0 Å². The Bertz CT molecular complexity index is 1360. The van der Waals surface area contributed by atoms with Crippen molar-refractivity contribution in [3.8, 4) is 0 Å². The Morgan fingerprint density at radius 3 is 2.71 bits per heavy atom. The maximum atomic E-state index is 13.9. The van der Waals surface area contributed by atoms with Crippen LogP contribution >= 0.6 is 11.6 Å². The van der Waals surface area contributed by atoms with Gasteiger partial charge in [-0.15, -0.1) is 0 Å². The molecule has 0 spiro atoms. The molecule has 1 saturated carbocycles. The Labute approximate surface area is 208 Å². The molecule has 1 aliphatic heterocycles. The lowest BCUT2D eigenvalue weighted by Crippen LogP contribution is -2.37. The van der Waals surface area contributed by atoms with Crippen LogP contribution in [0.2, 0.25) is 5.02 Å². The molecule has 8 nitrogen and oxygen atoms in total. The molecular formula is C24H26ClFN4O4S. The average Bonchev–Trinajstić information content (AvgIpc) is 3.23. The van der Waals surface area contributed by atoms with Gasteiger partial charge in [-0.05, 0) is 43.9 Å². The van der Waals surface area contributed by atoms with Gasteiger partial charge in [0.05, 0.1) is 33.7 Å². The van der Waals surface area contributed by atoms with Crippen LogP contribution in [0.1, 0.15) is 37.8 Å². The summed E-state index contributed by atoms with van der Waals surface area (Å²) in [5.74, 6) is 0. The van der Waals surface area contributed by atoms with Crippen molar-refractivity contribution in [3.05, 3.63) is 59.2 Å². The summed E-state index contributed by atoms with van der Waals surface area (Å²) >= 11 is 6.42. The van der Waals surface area contributed by atoms with Crippen molar-refractivity contribution in [3.63, 3.8) is 0 Å². The molecule has 0 bridgehead atoms. The molecule has 2 aliphatic rings. The minimum absolute atomic E-state index is 0.0454. The van der Waals surface area contributed by atoms with E-state index >= 15 is 0 Å². The largest absolute Gasteiger partial charge is 0.445 e. The summed E-state index contributed by atoms with van der Waals surface area (Å²) in [7, 11) is -3.78. The standard InChI is InChI=1S/C24H26ClFN4O4S/c1-24(7-8-24)28-35(32,33)19-10-21(25)20-13-27-30(22(20)11-19)18-9-17(12-26)29(14-18)23(31)34-15-16-5-3-2-4-6-16/h2-6,10-11,13,17-18,28H,7-9,12,14-15H2,1H3/t17-,18-/m1/s1. The van der Waals surface area contributed by atoms with Crippen LogP contribution in [-0.4, -0.2) is 54.0 Å². The highest BCUT2D eigenvalue weighted by molar-refractivity contribution is 7.89. The van der Waals surface area contributed by atoms with Crippen LogP contribution in [-0.2, 0) is 21.4 Å². The van der Waals surface area contributed by atoms with E-state index < -0.39 is 34.4 Å². The maximum absolute atomic E-state index is 13.9. The fourth-order valence-corrected chi connectivity index (χ4v) is 6.28. The molecule has 0 radical (unpaired) electrons. The van der Waals surface area contributed by atoms with Crippen LogP contribution < -0.4 is 4.72 Å². The first kappa shape index (κ1) is 24.0. The summed E-state index contributed by atoms with van der Waals surface area (Å²) in [6, 6.07) is 11.2. The monoisotopic (exact) mass is 520 g/mol. The lowest BCUT2D eigenvalue weighted by atomic mass is 10.2. The molecule has 2 heterocycles. The molecule has 1 aliphatic carbocycles. The molecular weight excluding hydrogens is 495 g/mol. The zero-order valence-corrected chi connectivity index (χ0v) is 20.7. The third-order valence-electron chi connectivity index (χ3n) is 6.69. The summed E-state index contributed by atoms with van der Waals surface area (Å²) in [5, 5.41) is 5.27. The van der Waals surface area contributed by atoms with Crippen molar-refractivity contribution >= 4 is 38.6 Å². The van der Waals surface area contributed by atoms with Gasteiger partial charge in [0.1, 0.15) is 13.3 Å².